The number of alkyl halides is 6. The maximum absolute atomic E-state index is 12.6. The van der Waals surface area contributed by atoms with E-state index in [9.17, 15) is 35.9 Å². The lowest BCUT2D eigenvalue weighted by molar-refractivity contribution is -0.138. The Hall–Kier alpha value is -3.04. The van der Waals surface area contributed by atoms with Crippen LogP contribution in [0.5, 0.6) is 0 Å². The SMILES string of the molecule is O=C(Nc1ccc(C(F)(F)F)cc1)C1CCN(c2ccc(C(F)(F)F)cc2)C1=O. The molecule has 1 aliphatic rings. The second-order valence-corrected chi connectivity index (χ2v) is 6.44. The molecular formula is C19H14F6N2O2. The normalized spacial score (nSPS) is 17.5. The maximum Gasteiger partial charge on any atom is 0.416 e. The zero-order chi connectivity index (χ0) is 21.4. The molecule has 0 saturated carbocycles. The van der Waals surface area contributed by atoms with Crippen LogP contribution >= 0.6 is 0 Å². The number of carbonyl (C=O) groups excluding carboxylic acids is 2. The van der Waals surface area contributed by atoms with Gasteiger partial charge >= 0.3 is 12.4 Å². The van der Waals surface area contributed by atoms with Crippen LogP contribution < -0.4 is 10.2 Å². The molecule has 1 aliphatic heterocycles. The van der Waals surface area contributed by atoms with Gasteiger partial charge in [-0.25, -0.2) is 0 Å². The molecule has 0 radical (unpaired) electrons. The van der Waals surface area contributed by atoms with E-state index in [4.69, 9.17) is 0 Å². The van der Waals surface area contributed by atoms with E-state index in [0.29, 0.717) is 0 Å². The molecule has 1 fully saturated rings. The number of carbonyl (C=O) groups is 2. The molecule has 1 unspecified atom stereocenters. The molecule has 0 bridgehead atoms. The Morgan fingerprint density at radius 3 is 1.83 bits per heavy atom. The van der Waals surface area contributed by atoms with Gasteiger partial charge in [-0.1, -0.05) is 0 Å². The minimum absolute atomic E-state index is 0.101. The van der Waals surface area contributed by atoms with Crippen molar-refractivity contribution in [2.45, 2.75) is 18.8 Å². The summed E-state index contributed by atoms with van der Waals surface area (Å²) in [5.74, 6) is -2.36. The van der Waals surface area contributed by atoms with Crippen LogP contribution in [0.2, 0.25) is 0 Å². The Bertz CT molecular complexity index is 904. The molecule has 2 aromatic carbocycles. The summed E-state index contributed by atoms with van der Waals surface area (Å²) in [7, 11) is 0. The number of amides is 2. The van der Waals surface area contributed by atoms with Crippen molar-refractivity contribution < 1.29 is 35.9 Å². The minimum atomic E-state index is -4.51. The number of halogens is 6. The molecule has 154 valence electrons. The molecule has 2 aromatic rings. The first-order chi connectivity index (χ1) is 13.5. The molecule has 3 rings (SSSR count). The fourth-order valence-corrected chi connectivity index (χ4v) is 2.98. The van der Waals surface area contributed by atoms with Gasteiger partial charge in [0.25, 0.3) is 0 Å². The second kappa shape index (κ2) is 7.41. The average Bonchev–Trinajstić information content (AvgIpc) is 3.02. The Morgan fingerprint density at radius 1 is 0.862 bits per heavy atom. The van der Waals surface area contributed by atoms with Gasteiger partial charge < -0.3 is 10.2 Å². The van der Waals surface area contributed by atoms with E-state index in [0.717, 1.165) is 48.5 Å². The van der Waals surface area contributed by atoms with E-state index in [1.54, 1.807) is 0 Å². The predicted octanol–water partition coefficient (Wildman–Crippen LogP) is 4.72. The molecule has 1 N–H and O–H groups in total. The molecule has 0 aliphatic carbocycles. The summed E-state index contributed by atoms with van der Waals surface area (Å²) in [6.07, 6.45) is -8.88. The summed E-state index contributed by atoms with van der Waals surface area (Å²) in [6.45, 7) is 0.134. The Balaban J connectivity index is 1.67. The summed E-state index contributed by atoms with van der Waals surface area (Å²) in [5.41, 5.74) is -1.40. The molecule has 1 heterocycles. The van der Waals surface area contributed by atoms with Crippen LogP contribution in [0.3, 0.4) is 0 Å². The fourth-order valence-electron chi connectivity index (χ4n) is 2.98. The van der Waals surface area contributed by atoms with Crippen LogP contribution in [0, 0.1) is 5.92 Å². The van der Waals surface area contributed by atoms with Crippen molar-refractivity contribution in [2.24, 2.45) is 5.92 Å². The number of hydrogen-bond acceptors (Lipinski definition) is 2. The summed E-state index contributed by atoms with van der Waals surface area (Å²) in [4.78, 5) is 26.0. The topological polar surface area (TPSA) is 49.4 Å². The quantitative estimate of drug-likeness (QED) is 0.582. The highest BCUT2D eigenvalue weighted by molar-refractivity contribution is 6.13. The largest absolute Gasteiger partial charge is 0.416 e. The van der Waals surface area contributed by atoms with E-state index in [-0.39, 0.29) is 24.3 Å². The van der Waals surface area contributed by atoms with Gasteiger partial charge in [0.15, 0.2) is 0 Å². The molecular weight excluding hydrogens is 402 g/mol. The van der Waals surface area contributed by atoms with Crippen molar-refractivity contribution in [3.63, 3.8) is 0 Å². The molecule has 29 heavy (non-hydrogen) atoms. The third-order valence-corrected chi connectivity index (χ3v) is 4.51. The summed E-state index contributed by atoms with van der Waals surface area (Å²) < 4.78 is 75.6. The number of anilines is 2. The van der Waals surface area contributed by atoms with Gasteiger partial charge in [-0.3, -0.25) is 9.59 Å². The number of benzene rings is 2. The molecule has 2 amide bonds. The first-order valence-corrected chi connectivity index (χ1v) is 8.43. The summed E-state index contributed by atoms with van der Waals surface area (Å²) in [5, 5.41) is 2.39. The van der Waals surface area contributed by atoms with Gasteiger partial charge in [0, 0.05) is 17.9 Å². The van der Waals surface area contributed by atoms with Crippen LogP contribution in [0.1, 0.15) is 17.5 Å². The molecule has 0 spiro atoms. The first-order valence-electron chi connectivity index (χ1n) is 8.43. The highest BCUT2D eigenvalue weighted by atomic mass is 19.4. The van der Waals surface area contributed by atoms with E-state index in [2.05, 4.69) is 5.32 Å². The van der Waals surface area contributed by atoms with E-state index in [1.807, 2.05) is 0 Å². The Kier molecular flexibility index (Phi) is 5.29. The van der Waals surface area contributed by atoms with Crippen LogP contribution in [0.4, 0.5) is 37.7 Å². The summed E-state index contributed by atoms with van der Waals surface area (Å²) in [6, 6.07) is 7.76. The van der Waals surface area contributed by atoms with Gasteiger partial charge in [-0.05, 0) is 55.0 Å². The monoisotopic (exact) mass is 416 g/mol. The maximum atomic E-state index is 12.6. The molecule has 1 atom stereocenters. The zero-order valence-electron chi connectivity index (χ0n) is 14.6. The molecule has 10 heteroatoms. The Labute approximate surface area is 161 Å². The highest BCUT2D eigenvalue weighted by Gasteiger charge is 2.38. The van der Waals surface area contributed by atoms with Crippen molar-refractivity contribution in [3.05, 3.63) is 59.7 Å². The van der Waals surface area contributed by atoms with Crippen molar-refractivity contribution in [2.75, 3.05) is 16.8 Å². The lowest BCUT2D eigenvalue weighted by Crippen LogP contribution is -2.33. The third kappa shape index (κ3) is 4.52. The number of nitrogens with zero attached hydrogens (tertiary/aromatic N) is 1. The van der Waals surface area contributed by atoms with Gasteiger partial charge in [-0.2, -0.15) is 26.3 Å². The Morgan fingerprint density at radius 2 is 1.34 bits per heavy atom. The van der Waals surface area contributed by atoms with Crippen molar-refractivity contribution in [3.8, 4) is 0 Å². The molecule has 0 aromatic heterocycles. The van der Waals surface area contributed by atoms with Crippen LogP contribution in [-0.4, -0.2) is 18.4 Å². The van der Waals surface area contributed by atoms with Crippen LogP contribution in [0.25, 0.3) is 0 Å². The molecule has 4 nitrogen and oxygen atoms in total. The van der Waals surface area contributed by atoms with Gasteiger partial charge in [0.2, 0.25) is 11.8 Å². The number of nitrogens with one attached hydrogen (secondary N) is 1. The van der Waals surface area contributed by atoms with Crippen molar-refractivity contribution in [1.29, 1.82) is 0 Å². The van der Waals surface area contributed by atoms with E-state index >= 15 is 0 Å². The first kappa shape index (κ1) is 20.7. The zero-order valence-corrected chi connectivity index (χ0v) is 14.6. The van der Waals surface area contributed by atoms with Crippen molar-refractivity contribution in [1.82, 2.24) is 0 Å². The summed E-state index contributed by atoms with van der Waals surface area (Å²) >= 11 is 0. The lowest BCUT2D eigenvalue weighted by Gasteiger charge is -2.18. The minimum Gasteiger partial charge on any atom is -0.325 e. The number of hydrogen-bond donors (Lipinski definition) is 1. The van der Waals surface area contributed by atoms with E-state index < -0.39 is 41.2 Å². The van der Waals surface area contributed by atoms with Gasteiger partial charge in [-0.15, -0.1) is 0 Å². The smallest absolute Gasteiger partial charge is 0.325 e. The predicted molar refractivity (Wildman–Crippen MR) is 92.0 cm³/mol. The number of rotatable bonds is 3. The second-order valence-electron chi connectivity index (χ2n) is 6.44. The van der Waals surface area contributed by atoms with Crippen LogP contribution in [-0.2, 0) is 21.9 Å². The van der Waals surface area contributed by atoms with Crippen molar-refractivity contribution >= 4 is 23.2 Å². The highest BCUT2D eigenvalue weighted by Crippen LogP contribution is 2.33. The fraction of sp³-hybridized carbons (Fsp3) is 0.263. The lowest BCUT2D eigenvalue weighted by atomic mass is 10.1. The van der Waals surface area contributed by atoms with Gasteiger partial charge in [0.1, 0.15) is 5.92 Å². The van der Waals surface area contributed by atoms with Crippen LogP contribution in [0.15, 0.2) is 48.5 Å². The van der Waals surface area contributed by atoms with Gasteiger partial charge in [0.05, 0.1) is 11.1 Å². The van der Waals surface area contributed by atoms with E-state index in [1.165, 1.54) is 4.90 Å². The average molecular weight is 416 g/mol. The standard InChI is InChI=1S/C19H14F6N2O2/c20-18(21,22)11-1-5-13(6-2-11)26-16(28)15-9-10-27(17(15)29)14-7-3-12(4-8-14)19(23,24)25/h1-8,15H,9-10H2,(H,26,28). The third-order valence-electron chi connectivity index (χ3n) is 4.51. The molecule has 1 saturated heterocycles.